The van der Waals surface area contributed by atoms with Gasteiger partial charge < -0.3 is 10.1 Å². The molecule has 0 aliphatic heterocycles. The molecule has 1 heterocycles. The van der Waals surface area contributed by atoms with E-state index in [0.29, 0.717) is 5.56 Å². The maximum Gasteiger partial charge on any atom is 0.408 e. The Morgan fingerprint density at radius 3 is 2.38 bits per heavy atom. The van der Waals surface area contributed by atoms with E-state index < -0.39 is 10.7 Å². The number of nitro groups is 1. The molecule has 0 spiro atoms. The molecule has 0 saturated heterocycles. The molecule has 0 unspecified atom stereocenters. The highest BCUT2D eigenvalue weighted by Gasteiger charge is 2.22. The highest BCUT2D eigenvalue weighted by molar-refractivity contribution is 6.32. The summed E-state index contributed by atoms with van der Waals surface area (Å²) in [5.41, 5.74) is 3.46. The molecule has 0 bridgehead atoms. The lowest BCUT2D eigenvalue weighted by Crippen LogP contribution is -2.14. The smallest absolute Gasteiger partial charge is 0.358 e. The lowest BCUT2D eigenvalue weighted by molar-refractivity contribution is -0.389. The molecule has 0 amide bonds. The van der Waals surface area contributed by atoms with E-state index in [9.17, 15) is 14.9 Å². The van der Waals surface area contributed by atoms with Gasteiger partial charge in [0.25, 0.3) is 0 Å². The predicted octanol–water partition coefficient (Wildman–Crippen LogP) is 3.25. The number of hydrogen-bond donors (Lipinski definition) is 0. The zero-order valence-corrected chi connectivity index (χ0v) is 12.6. The van der Waals surface area contributed by atoms with Crippen molar-refractivity contribution in [3.63, 3.8) is 0 Å². The first kappa shape index (κ1) is 15.2. The van der Waals surface area contributed by atoms with Gasteiger partial charge in [0.15, 0.2) is 10.8 Å². The number of ketones is 1. The maximum absolute atomic E-state index is 12.4. The van der Waals surface area contributed by atoms with E-state index in [4.69, 9.17) is 11.6 Å². The quantitative estimate of drug-likeness (QED) is 0.493. The lowest BCUT2D eigenvalue weighted by Gasteiger charge is -2.09. The summed E-state index contributed by atoms with van der Waals surface area (Å²) < 4.78 is 1.20. The van der Waals surface area contributed by atoms with Gasteiger partial charge in [-0.05, 0) is 36.8 Å². The van der Waals surface area contributed by atoms with E-state index in [1.165, 1.54) is 10.9 Å². The van der Waals surface area contributed by atoms with Gasteiger partial charge in [-0.15, -0.1) is 0 Å². The van der Waals surface area contributed by atoms with E-state index in [1.54, 1.807) is 0 Å². The van der Waals surface area contributed by atoms with Gasteiger partial charge in [-0.25, -0.2) is 0 Å². The third-order valence-electron chi connectivity index (χ3n) is 3.13. The van der Waals surface area contributed by atoms with Gasteiger partial charge in [0.2, 0.25) is 0 Å². The molecule has 0 fully saturated rings. The van der Waals surface area contributed by atoms with E-state index >= 15 is 0 Å². The summed E-state index contributed by atoms with van der Waals surface area (Å²) in [6, 6.07) is 3.86. The van der Waals surface area contributed by atoms with Crippen LogP contribution < -0.4 is 0 Å². The molecule has 2 rings (SSSR count). The van der Waals surface area contributed by atoms with Crippen LogP contribution >= 0.6 is 11.6 Å². The normalized spacial score (nSPS) is 10.7. The standard InChI is InChI=1S/C14H14ClN3O3/c1-8-4-9(2)13(10(3)5-8)12(19)7-17-6-11(15)14(16-17)18(20)21/h4-6H,7H2,1-3H3. The van der Waals surface area contributed by atoms with E-state index in [0.717, 1.165) is 16.7 Å². The van der Waals surface area contributed by atoms with Crippen molar-refractivity contribution in [1.29, 1.82) is 0 Å². The number of aromatic nitrogens is 2. The second kappa shape index (κ2) is 5.65. The van der Waals surface area contributed by atoms with E-state index in [2.05, 4.69) is 5.10 Å². The molecule has 0 radical (unpaired) electrons. The number of rotatable bonds is 4. The van der Waals surface area contributed by atoms with Gasteiger partial charge in [0.05, 0.1) is 11.3 Å². The van der Waals surface area contributed by atoms with Crippen LogP contribution in [0.1, 0.15) is 27.0 Å². The molecule has 2 aromatic rings. The maximum atomic E-state index is 12.4. The number of hydrogen-bond acceptors (Lipinski definition) is 4. The molecular weight excluding hydrogens is 294 g/mol. The Morgan fingerprint density at radius 2 is 1.90 bits per heavy atom. The molecule has 1 aromatic carbocycles. The Morgan fingerprint density at radius 1 is 1.33 bits per heavy atom. The van der Waals surface area contributed by atoms with Crippen LogP contribution in [0, 0.1) is 30.9 Å². The van der Waals surface area contributed by atoms with Crippen molar-refractivity contribution >= 4 is 23.2 Å². The third-order valence-corrected chi connectivity index (χ3v) is 3.40. The molecular formula is C14H14ClN3O3. The van der Waals surface area contributed by atoms with Crippen LogP contribution in [-0.4, -0.2) is 20.5 Å². The van der Waals surface area contributed by atoms with Gasteiger partial charge in [0, 0.05) is 5.56 Å². The third kappa shape index (κ3) is 3.11. The van der Waals surface area contributed by atoms with Crippen molar-refractivity contribution in [2.75, 3.05) is 0 Å². The molecule has 6 nitrogen and oxygen atoms in total. The van der Waals surface area contributed by atoms with Gasteiger partial charge in [0.1, 0.15) is 6.54 Å². The molecule has 0 aliphatic rings. The number of carbonyl (C=O) groups is 1. The van der Waals surface area contributed by atoms with Crippen molar-refractivity contribution in [1.82, 2.24) is 9.78 Å². The molecule has 0 aliphatic carbocycles. The Labute approximate surface area is 126 Å². The minimum Gasteiger partial charge on any atom is -0.358 e. The summed E-state index contributed by atoms with van der Waals surface area (Å²) in [6.45, 7) is 5.61. The first-order valence-corrected chi connectivity index (χ1v) is 6.65. The van der Waals surface area contributed by atoms with Gasteiger partial charge in [-0.2, -0.15) is 4.68 Å². The highest BCUT2D eigenvalue weighted by Crippen LogP contribution is 2.22. The SMILES string of the molecule is Cc1cc(C)c(C(=O)Cn2cc(Cl)c([N+](=O)[O-])n2)c(C)c1. The monoisotopic (exact) mass is 307 g/mol. The van der Waals surface area contributed by atoms with Gasteiger partial charge in [-0.1, -0.05) is 29.3 Å². The van der Waals surface area contributed by atoms with Crippen LogP contribution in [0.25, 0.3) is 0 Å². The molecule has 21 heavy (non-hydrogen) atoms. The fourth-order valence-electron chi connectivity index (χ4n) is 2.44. The van der Waals surface area contributed by atoms with Crippen LogP contribution in [0.5, 0.6) is 0 Å². The van der Waals surface area contributed by atoms with E-state index in [-0.39, 0.29) is 17.4 Å². The molecule has 110 valence electrons. The molecule has 0 atom stereocenters. The lowest BCUT2D eigenvalue weighted by atomic mass is 9.96. The second-order valence-electron chi connectivity index (χ2n) is 4.95. The zero-order chi connectivity index (χ0) is 15.7. The van der Waals surface area contributed by atoms with Crippen LogP contribution in [0.2, 0.25) is 5.02 Å². The first-order chi connectivity index (χ1) is 9.79. The fourth-order valence-corrected chi connectivity index (χ4v) is 2.66. The summed E-state index contributed by atoms with van der Waals surface area (Å²) in [6.07, 6.45) is 1.29. The van der Waals surface area contributed by atoms with Crippen LogP contribution in [-0.2, 0) is 6.54 Å². The summed E-state index contributed by atoms with van der Waals surface area (Å²) >= 11 is 5.72. The van der Waals surface area contributed by atoms with Crippen LogP contribution in [0.3, 0.4) is 0 Å². The Bertz CT molecular complexity index is 714. The minimum atomic E-state index is -0.675. The Hall–Kier alpha value is -2.21. The fraction of sp³-hybridized carbons (Fsp3) is 0.286. The summed E-state index contributed by atoms with van der Waals surface area (Å²) in [7, 11) is 0. The summed E-state index contributed by atoms with van der Waals surface area (Å²) in [5.74, 6) is -0.596. The van der Waals surface area contributed by atoms with Crippen LogP contribution in [0.4, 0.5) is 5.82 Å². The number of aryl methyl sites for hydroxylation is 3. The van der Waals surface area contributed by atoms with Crippen molar-refractivity contribution < 1.29 is 9.72 Å². The van der Waals surface area contributed by atoms with Crippen LogP contribution in [0.15, 0.2) is 18.3 Å². The number of Topliss-reactive ketones (excluding diaryl/α,β-unsaturated/α-hetero) is 1. The number of halogens is 1. The van der Waals surface area contributed by atoms with Crippen molar-refractivity contribution in [3.05, 3.63) is 55.7 Å². The Kier molecular flexibility index (Phi) is 4.09. The van der Waals surface area contributed by atoms with E-state index in [1.807, 2.05) is 32.9 Å². The van der Waals surface area contributed by atoms with Crippen molar-refractivity contribution in [3.8, 4) is 0 Å². The predicted molar refractivity (Wildman–Crippen MR) is 78.9 cm³/mol. The van der Waals surface area contributed by atoms with Crippen molar-refractivity contribution in [2.24, 2.45) is 0 Å². The average Bonchev–Trinajstić information content (AvgIpc) is 2.68. The molecule has 0 N–H and O–H groups in total. The second-order valence-corrected chi connectivity index (χ2v) is 5.36. The number of benzene rings is 1. The Balaban J connectivity index is 2.31. The average molecular weight is 308 g/mol. The van der Waals surface area contributed by atoms with Crippen molar-refractivity contribution in [2.45, 2.75) is 27.3 Å². The van der Waals surface area contributed by atoms with Gasteiger partial charge in [-0.3, -0.25) is 4.79 Å². The molecule has 7 heteroatoms. The molecule has 1 aromatic heterocycles. The number of carbonyl (C=O) groups excluding carboxylic acids is 1. The number of nitrogens with zero attached hydrogens (tertiary/aromatic N) is 3. The summed E-state index contributed by atoms with van der Waals surface area (Å²) in [5, 5.41) is 14.3. The first-order valence-electron chi connectivity index (χ1n) is 6.28. The summed E-state index contributed by atoms with van der Waals surface area (Å²) in [4.78, 5) is 22.4. The highest BCUT2D eigenvalue weighted by atomic mass is 35.5. The topological polar surface area (TPSA) is 78.0 Å². The molecule has 0 saturated carbocycles. The minimum absolute atomic E-state index is 0.0786. The largest absolute Gasteiger partial charge is 0.408 e. The zero-order valence-electron chi connectivity index (χ0n) is 11.9. The van der Waals surface area contributed by atoms with Gasteiger partial charge >= 0.3 is 5.82 Å².